The van der Waals surface area contributed by atoms with Gasteiger partial charge in [0.2, 0.25) is 0 Å². The molecule has 9 heteroatoms. The number of hydrogen-bond donors (Lipinski definition) is 3. The lowest BCUT2D eigenvalue weighted by atomic mass is 10.1. The predicted molar refractivity (Wildman–Crippen MR) is 107 cm³/mol. The number of H-pyrrole nitrogens is 1. The lowest BCUT2D eigenvalue weighted by molar-refractivity contribution is 0.102. The summed E-state index contributed by atoms with van der Waals surface area (Å²) in [4.78, 5) is 12.9. The van der Waals surface area contributed by atoms with Gasteiger partial charge in [0.05, 0.1) is 36.3 Å². The number of nitrogens with one attached hydrogen (secondary N) is 2. The first kappa shape index (κ1) is 19.5. The van der Waals surface area contributed by atoms with E-state index in [0.717, 1.165) is 23.8 Å². The Morgan fingerprint density at radius 1 is 1.07 bits per heavy atom. The van der Waals surface area contributed by atoms with Crippen LogP contribution in [0, 0.1) is 11.6 Å². The van der Waals surface area contributed by atoms with Crippen molar-refractivity contribution in [2.75, 3.05) is 11.9 Å². The van der Waals surface area contributed by atoms with Gasteiger partial charge in [-0.2, -0.15) is 10.2 Å². The van der Waals surface area contributed by atoms with Crippen LogP contribution in [0.1, 0.15) is 10.4 Å². The largest absolute Gasteiger partial charge is 0.394 e. The van der Waals surface area contributed by atoms with Crippen molar-refractivity contribution in [3.8, 4) is 22.5 Å². The summed E-state index contributed by atoms with van der Waals surface area (Å²) >= 11 is 0. The SMILES string of the molecule is O=C(Nc1cc(-c2cc(F)cc(F)c2)[nH]n1)c1cnn(CCO)c1-c1ccccc1. The van der Waals surface area contributed by atoms with Crippen LogP contribution in [0.2, 0.25) is 0 Å². The number of hydrogen-bond acceptors (Lipinski definition) is 4. The number of carbonyl (C=O) groups is 1. The first-order chi connectivity index (χ1) is 14.5. The van der Waals surface area contributed by atoms with Gasteiger partial charge in [-0.05, 0) is 12.1 Å². The van der Waals surface area contributed by atoms with Gasteiger partial charge in [0.25, 0.3) is 5.91 Å². The Bertz CT molecular complexity index is 1170. The monoisotopic (exact) mass is 409 g/mol. The van der Waals surface area contributed by atoms with E-state index >= 15 is 0 Å². The molecule has 0 aliphatic heterocycles. The van der Waals surface area contributed by atoms with E-state index in [0.29, 0.717) is 17.0 Å². The molecule has 2 heterocycles. The number of anilines is 1. The van der Waals surface area contributed by atoms with Crippen molar-refractivity contribution >= 4 is 11.7 Å². The molecule has 0 unspecified atom stereocenters. The third-order valence-electron chi connectivity index (χ3n) is 4.44. The zero-order chi connectivity index (χ0) is 21.1. The summed E-state index contributed by atoms with van der Waals surface area (Å²) in [6.45, 7) is 0.102. The molecule has 152 valence electrons. The number of halogens is 2. The van der Waals surface area contributed by atoms with E-state index in [1.807, 2.05) is 30.3 Å². The number of aliphatic hydroxyl groups excluding tert-OH is 1. The molecule has 0 fully saturated rings. The Morgan fingerprint density at radius 2 is 1.80 bits per heavy atom. The number of aromatic nitrogens is 4. The average molecular weight is 409 g/mol. The fraction of sp³-hybridized carbons (Fsp3) is 0.0952. The molecule has 7 nitrogen and oxygen atoms in total. The fourth-order valence-corrected chi connectivity index (χ4v) is 3.14. The normalized spacial score (nSPS) is 10.9. The predicted octanol–water partition coefficient (Wildman–Crippen LogP) is 3.46. The summed E-state index contributed by atoms with van der Waals surface area (Å²) in [5.41, 5.74) is 2.25. The Morgan fingerprint density at radius 3 is 2.50 bits per heavy atom. The molecule has 4 aromatic rings. The summed E-state index contributed by atoms with van der Waals surface area (Å²) in [5, 5.41) is 22.8. The zero-order valence-corrected chi connectivity index (χ0v) is 15.6. The van der Waals surface area contributed by atoms with Gasteiger partial charge in [-0.1, -0.05) is 30.3 Å². The van der Waals surface area contributed by atoms with Crippen LogP contribution < -0.4 is 5.32 Å². The molecule has 3 N–H and O–H groups in total. The number of benzene rings is 2. The molecule has 2 aromatic carbocycles. The van der Waals surface area contributed by atoms with Crippen LogP contribution in [-0.2, 0) is 6.54 Å². The number of rotatable bonds is 6. The molecular weight excluding hydrogens is 392 g/mol. The van der Waals surface area contributed by atoms with E-state index in [2.05, 4.69) is 20.6 Å². The van der Waals surface area contributed by atoms with E-state index in [4.69, 9.17) is 0 Å². The van der Waals surface area contributed by atoms with Crippen molar-refractivity contribution in [2.24, 2.45) is 0 Å². The molecule has 4 rings (SSSR count). The summed E-state index contributed by atoms with van der Waals surface area (Å²) in [6, 6.07) is 13.8. The first-order valence-electron chi connectivity index (χ1n) is 9.10. The number of nitrogens with zero attached hydrogens (tertiary/aromatic N) is 3. The van der Waals surface area contributed by atoms with E-state index in [-0.39, 0.29) is 24.5 Å². The van der Waals surface area contributed by atoms with Crippen molar-refractivity contribution in [2.45, 2.75) is 6.54 Å². The van der Waals surface area contributed by atoms with E-state index in [1.54, 1.807) is 4.68 Å². The van der Waals surface area contributed by atoms with Gasteiger partial charge in [-0.25, -0.2) is 8.78 Å². The van der Waals surface area contributed by atoms with Gasteiger partial charge in [0.1, 0.15) is 11.6 Å². The minimum absolute atomic E-state index is 0.129. The summed E-state index contributed by atoms with van der Waals surface area (Å²) in [7, 11) is 0. The highest BCUT2D eigenvalue weighted by atomic mass is 19.1. The quantitative estimate of drug-likeness (QED) is 0.454. The second-order valence-corrected chi connectivity index (χ2v) is 6.50. The topological polar surface area (TPSA) is 95.8 Å². The van der Waals surface area contributed by atoms with Crippen LogP contribution in [0.3, 0.4) is 0 Å². The molecule has 1 amide bonds. The van der Waals surface area contributed by atoms with Gasteiger partial charge < -0.3 is 10.4 Å². The zero-order valence-electron chi connectivity index (χ0n) is 15.6. The van der Waals surface area contributed by atoms with Gasteiger partial charge in [0, 0.05) is 23.3 Å². The minimum Gasteiger partial charge on any atom is -0.394 e. The molecule has 30 heavy (non-hydrogen) atoms. The maximum Gasteiger partial charge on any atom is 0.260 e. The van der Waals surface area contributed by atoms with Crippen molar-refractivity contribution in [1.29, 1.82) is 0 Å². The van der Waals surface area contributed by atoms with Crippen LogP contribution in [0.25, 0.3) is 22.5 Å². The van der Waals surface area contributed by atoms with E-state index in [1.165, 1.54) is 12.3 Å². The molecule has 2 aromatic heterocycles. The third-order valence-corrected chi connectivity index (χ3v) is 4.44. The van der Waals surface area contributed by atoms with Crippen LogP contribution >= 0.6 is 0 Å². The van der Waals surface area contributed by atoms with Crippen molar-refractivity contribution in [3.63, 3.8) is 0 Å². The average Bonchev–Trinajstić information content (AvgIpc) is 3.35. The van der Waals surface area contributed by atoms with E-state index < -0.39 is 17.5 Å². The first-order valence-corrected chi connectivity index (χ1v) is 9.10. The molecule has 0 radical (unpaired) electrons. The molecule has 0 aliphatic carbocycles. The molecular formula is C21H17F2N5O2. The maximum absolute atomic E-state index is 13.5. The van der Waals surface area contributed by atoms with Crippen LogP contribution in [0.5, 0.6) is 0 Å². The second kappa shape index (κ2) is 8.26. The van der Waals surface area contributed by atoms with Crippen LogP contribution in [-0.4, -0.2) is 37.6 Å². The number of carbonyl (C=O) groups excluding carboxylic acids is 1. The Labute approximate surface area is 170 Å². The summed E-state index contributed by atoms with van der Waals surface area (Å²) in [5.74, 6) is -1.70. The molecule has 0 bridgehead atoms. The van der Waals surface area contributed by atoms with Crippen molar-refractivity contribution in [3.05, 3.63) is 78.0 Å². The van der Waals surface area contributed by atoms with E-state index in [9.17, 15) is 18.7 Å². The van der Waals surface area contributed by atoms with Gasteiger partial charge in [0.15, 0.2) is 5.82 Å². The van der Waals surface area contributed by atoms with Gasteiger partial charge in [-0.3, -0.25) is 14.6 Å². The second-order valence-electron chi connectivity index (χ2n) is 6.50. The number of aliphatic hydroxyl groups is 1. The smallest absolute Gasteiger partial charge is 0.260 e. The Kier molecular flexibility index (Phi) is 5.36. The molecule has 0 saturated heterocycles. The lowest BCUT2D eigenvalue weighted by Crippen LogP contribution is -2.14. The Balaban J connectivity index is 1.62. The summed E-state index contributed by atoms with van der Waals surface area (Å²) < 4.78 is 28.5. The summed E-state index contributed by atoms with van der Waals surface area (Å²) in [6.07, 6.45) is 1.42. The molecule has 0 aliphatic rings. The highest BCUT2D eigenvalue weighted by molar-refractivity contribution is 6.07. The molecule has 0 spiro atoms. The highest BCUT2D eigenvalue weighted by Gasteiger charge is 2.20. The highest BCUT2D eigenvalue weighted by Crippen LogP contribution is 2.26. The molecule has 0 atom stereocenters. The van der Waals surface area contributed by atoms with Crippen molar-refractivity contribution in [1.82, 2.24) is 20.0 Å². The molecule has 0 saturated carbocycles. The number of amides is 1. The van der Waals surface area contributed by atoms with Gasteiger partial charge in [-0.15, -0.1) is 0 Å². The standard InChI is InChI=1S/C21H17F2N5O2/c22-15-8-14(9-16(23)10-15)18-11-19(27-26-18)25-21(30)17-12-24-28(6-7-29)20(17)13-4-2-1-3-5-13/h1-5,8-12,29H,6-7H2,(H2,25,26,27,30). The van der Waals surface area contributed by atoms with Crippen LogP contribution in [0.4, 0.5) is 14.6 Å². The fourth-order valence-electron chi connectivity index (χ4n) is 3.14. The Hall–Kier alpha value is -3.85. The van der Waals surface area contributed by atoms with Crippen molar-refractivity contribution < 1.29 is 18.7 Å². The van der Waals surface area contributed by atoms with Gasteiger partial charge >= 0.3 is 0 Å². The maximum atomic E-state index is 13.5. The minimum atomic E-state index is -0.714. The third kappa shape index (κ3) is 3.96. The number of aromatic amines is 1. The lowest BCUT2D eigenvalue weighted by Gasteiger charge is -2.09. The van der Waals surface area contributed by atoms with Crippen LogP contribution in [0.15, 0.2) is 60.8 Å².